The average Bonchev–Trinajstić information content (AvgIpc) is 2.70. The van der Waals surface area contributed by atoms with Crippen LogP contribution in [0.2, 0.25) is 8.67 Å². The molecular formula is C12H12Cl2N2OS. The minimum absolute atomic E-state index is 0.0520. The van der Waals surface area contributed by atoms with E-state index in [-0.39, 0.29) is 6.04 Å². The van der Waals surface area contributed by atoms with Crippen molar-refractivity contribution in [2.45, 2.75) is 6.04 Å². The number of rotatable bonds is 4. The lowest BCUT2D eigenvalue weighted by molar-refractivity contribution is 0.411. The Balaban J connectivity index is 2.41. The van der Waals surface area contributed by atoms with Crippen LogP contribution in [0.15, 0.2) is 24.5 Å². The first-order chi connectivity index (χ1) is 8.65. The van der Waals surface area contributed by atoms with Crippen molar-refractivity contribution in [2.75, 3.05) is 14.2 Å². The predicted octanol–water partition coefficient (Wildman–Crippen LogP) is 3.77. The average molecular weight is 303 g/mol. The van der Waals surface area contributed by atoms with E-state index in [1.807, 2.05) is 19.2 Å². The zero-order valence-electron chi connectivity index (χ0n) is 9.91. The van der Waals surface area contributed by atoms with Gasteiger partial charge in [0, 0.05) is 11.8 Å². The van der Waals surface area contributed by atoms with Gasteiger partial charge in [0.05, 0.1) is 28.0 Å². The lowest BCUT2D eigenvalue weighted by atomic mass is 10.0. The molecule has 0 fully saturated rings. The molecule has 0 saturated carbocycles. The number of hydrogen-bond donors (Lipinski definition) is 1. The third-order valence-electron chi connectivity index (χ3n) is 2.59. The summed E-state index contributed by atoms with van der Waals surface area (Å²) in [5, 5.41) is 3.21. The van der Waals surface area contributed by atoms with Crippen LogP contribution in [0.1, 0.15) is 17.2 Å². The summed E-state index contributed by atoms with van der Waals surface area (Å²) in [5.74, 6) is 0.713. The van der Waals surface area contributed by atoms with Gasteiger partial charge in [-0.15, -0.1) is 11.3 Å². The number of pyridine rings is 1. The van der Waals surface area contributed by atoms with Crippen molar-refractivity contribution in [2.24, 2.45) is 0 Å². The monoisotopic (exact) mass is 302 g/mol. The Hall–Kier alpha value is -0.810. The summed E-state index contributed by atoms with van der Waals surface area (Å²) in [6, 6.07) is 3.74. The zero-order chi connectivity index (χ0) is 13.1. The summed E-state index contributed by atoms with van der Waals surface area (Å²) in [6.45, 7) is 0. The van der Waals surface area contributed by atoms with Crippen molar-refractivity contribution in [3.8, 4) is 5.75 Å². The van der Waals surface area contributed by atoms with Gasteiger partial charge < -0.3 is 10.1 Å². The summed E-state index contributed by atoms with van der Waals surface area (Å²) in [7, 11) is 3.48. The maximum absolute atomic E-state index is 6.18. The van der Waals surface area contributed by atoms with Crippen molar-refractivity contribution in [1.29, 1.82) is 0 Å². The van der Waals surface area contributed by atoms with E-state index in [1.54, 1.807) is 19.5 Å². The molecule has 6 heteroatoms. The molecule has 1 unspecified atom stereocenters. The van der Waals surface area contributed by atoms with Crippen LogP contribution in [-0.4, -0.2) is 19.1 Å². The van der Waals surface area contributed by atoms with E-state index in [0.29, 0.717) is 14.4 Å². The second kappa shape index (κ2) is 5.89. The van der Waals surface area contributed by atoms with Gasteiger partial charge in [0.15, 0.2) is 0 Å². The Labute approximate surface area is 120 Å². The Morgan fingerprint density at radius 2 is 2.11 bits per heavy atom. The van der Waals surface area contributed by atoms with Crippen LogP contribution in [0.3, 0.4) is 0 Å². The van der Waals surface area contributed by atoms with Gasteiger partial charge in [0.2, 0.25) is 0 Å². The number of hydrogen-bond acceptors (Lipinski definition) is 4. The van der Waals surface area contributed by atoms with Gasteiger partial charge in [0.1, 0.15) is 5.75 Å². The molecule has 3 nitrogen and oxygen atoms in total. The third kappa shape index (κ3) is 2.78. The summed E-state index contributed by atoms with van der Waals surface area (Å²) >= 11 is 13.5. The van der Waals surface area contributed by atoms with E-state index in [4.69, 9.17) is 27.9 Å². The first-order valence-electron chi connectivity index (χ1n) is 5.26. The van der Waals surface area contributed by atoms with Gasteiger partial charge in [-0.05, 0) is 24.7 Å². The van der Waals surface area contributed by atoms with Gasteiger partial charge in [0.25, 0.3) is 0 Å². The molecule has 0 bridgehead atoms. The number of ether oxygens (including phenoxy) is 1. The molecule has 2 rings (SSSR count). The summed E-state index contributed by atoms with van der Waals surface area (Å²) in [5.41, 5.74) is 1.93. The van der Waals surface area contributed by atoms with E-state index in [2.05, 4.69) is 10.3 Å². The Morgan fingerprint density at radius 1 is 1.33 bits per heavy atom. The molecule has 0 radical (unpaired) electrons. The van der Waals surface area contributed by atoms with Gasteiger partial charge >= 0.3 is 0 Å². The van der Waals surface area contributed by atoms with E-state index in [0.717, 1.165) is 11.1 Å². The smallest absolute Gasteiger partial charge is 0.137 e. The molecule has 18 heavy (non-hydrogen) atoms. The Kier molecular flexibility index (Phi) is 4.45. The van der Waals surface area contributed by atoms with Crippen LogP contribution in [-0.2, 0) is 0 Å². The minimum atomic E-state index is -0.0520. The van der Waals surface area contributed by atoms with Crippen LogP contribution >= 0.6 is 34.5 Å². The fourth-order valence-corrected chi connectivity index (χ4v) is 3.29. The molecule has 2 heterocycles. The second-order valence-electron chi connectivity index (χ2n) is 3.66. The predicted molar refractivity (Wildman–Crippen MR) is 76.0 cm³/mol. The van der Waals surface area contributed by atoms with E-state index >= 15 is 0 Å². The molecule has 0 aliphatic rings. The van der Waals surface area contributed by atoms with Crippen LogP contribution in [0.5, 0.6) is 5.75 Å². The van der Waals surface area contributed by atoms with Crippen LogP contribution < -0.4 is 10.1 Å². The number of aromatic nitrogens is 1. The van der Waals surface area contributed by atoms with E-state index in [1.165, 1.54) is 11.3 Å². The van der Waals surface area contributed by atoms with Crippen molar-refractivity contribution in [3.63, 3.8) is 0 Å². The van der Waals surface area contributed by atoms with E-state index in [9.17, 15) is 0 Å². The van der Waals surface area contributed by atoms with Gasteiger partial charge in [-0.3, -0.25) is 4.98 Å². The molecule has 0 aliphatic heterocycles. The summed E-state index contributed by atoms with van der Waals surface area (Å²) < 4.78 is 6.53. The minimum Gasteiger partial charge on any atom is -0.495 e. The first-order valence-corrected chi connectivity index (χ1v) is 6.84. The fraction of sp³-hybridized carbons (Fsp3) is 0.250. The number of thiophene rings is 1. The van der Waals surface area contributed by atoms with Crippen LogP contribution in [0.4, 0.5) is 0 Å². The maximum atomic E-state index is 6.18. The molecule has 96 valence electrons. The standard InChI is InChI=1S/C12H12Cl2N2OS/c1-15-11(9-4-10(13)18-12(9)14)7-3-8(17-2)6-16-5-7/h3-6,11,15H,1-2H3. The first kappa shape index (κ1) is 13.6. The molecule has 0 amide bonds. The van der Waals surface area contributed by atoms with Gasteiger partial charge in [-0.1, -0.05) is 23.2 Å². The lowest BCUT2D eigenvalue weighted by Gasteiger charge is -2.16. The van der Waals surface area contributed by atoms with Crippen LogP contribution in [0, 0.1) is 0 Å². The molecule has 1 N–H and O–H groups in total. The number of halogens is 2. The molecule has 0 saturated heterocycles. The summed E-state index contributed by atoms with van der Waals surface area (Å²) in [4.78, 5) is 4.15. The Bertz CT molecular complexity index is 545. The van der Waals surface area contributed by atoms with Crippen molar-refractivity contribution in [1.82, 2.24) is 10.3 Å². The highest BCUT2D eigenvalue weighted by molar-refractivity contribution is 7.20. The molecule has 2 aromatic heterocycles. The number of nitrogens with zero attached hydrogens (tertiary/aromatic N) is 1. The normalized spacial score (nSPS) is 12.4. The van der Waals surface area contributed by atoms with Crippen molar-refractivity contribution in [3.05, 3.63) is 44.3 Å². The zero-order valence-corrected chi connectivity index (χ0v) is 12.2. The van der Waals surface area contributed by atoms with Crippen molar-refractivity contribution < 1.29 is 4.74 Å². The van der Waals surface area contributed by atoms with Crippen LogP contribution in [0.25, 0.3) is 0 Å². The molecule has 2 aromatic rings. The summed E-state index contributed by atoms with van der Waals surface area (Å²) in [6.07, 6.45) is 3.45. The number of nitrogens with one attached hydrogen (secondary N) is 1. The van der Waals surface area contributed by atoms with Gasteiger partial charge in [-0.2, -0.15) is 0 Å². The SMILES string of the molecule is CNC(c1cncc(OC)c1)c1cc(Cl)sc1Cl. The largest absolute Gasteiger partial charge is 0.495 e. The van der Waals surface area contributed by atoms with E-state index < -0.39 is 0 Å². The molecule has 0 aliphatic carbocycles. The van der Waals surface area contributed by atoms with Gasteiger partial charge in [-0.25, -0.2) is 0 Å². The molecular weight excluding hydrogens is 291 g/mol. The topological polar surface area (TPSA) is 34.2 Å². The highest BCUT2D eigenvalue weighted by Gasteiger charge is 2.18. The quantitative estimate of drug-likeness (QED) is 0.933. The highest BCUT2D eigenvalue weighted by atomic mass is 35.5. The Morgan fingerprint density at radius 3 is 2.67 bits per heavy atom. The molecule has 0 aromatic carbocycles. The highest BCUT2D eigenvalue weighted by Crippen LogP contribution is 2.37. The molecule has 1 atom stereocenters. The second-order valence-corrected chi connectivity index (χ2v) is 5.94. The maximum Gasteiger partial charge on any atom is 0.137 e. The third-order valence-corrected chi connectivity index (χ3v) is 4.10. The molecule has 0 spiro atoms. The fourth-order valence-electron chi connectivity index (χ4n) is 1.76. The lowest BCUT2D eigenvalue weighted by Crippen LogP contribution is -2.17. The number of methoxy groups -OCH3 is 1. The van der Waals surface area contributed by atoms with Crippen molar-refractivity contribution >= 4 is 34.5 Å².